The van der Waals surface area contributed by atoms with Crippen LogP contribution in [0.5, 0.6) is 0 Å². The van der Waals surface area contributed by atoms with Crippen molar-refractivity contribution in [1.82, 2.24) is 20.5 Å². The fourth-order valence-electron chi connectivity index (χ4n) is 1.99. The van der Waals surface area contributed by atoms with Gasteiger partial charge >= 0.3 is 0 Å². The number of benzene rings is 2. The van der Waals surface area contributed by atoms with Crippen LogP contribution in [0.4, 0.5) is 0 Å². The van der Waals surface area contributed by atoms with Gasteiger partial charge in [0, 0.05) is 16.6 Å². The van der Waals surface area contributed by atoms with Crippen molar-refractivity contribution in [3.63, 3.8) is 0 Å². The number of carbonyl (C=O) groups is 1. The van der Waals surface area contributed by atoms with E-state index in [-0.39, 0.29) is 12.5 Å². The Kier molecular flexibility index (Phi) is 4.64. The van der Waals surface area contributed by atoms with E-state index in [1.807, 2.05) is 12.1 Å². The maximum absolute atomic E-state index is 11.8. The third-order valence-electron chi connectivity index (χ3n) is 3.07. The molecule has 118 valence electrons. The van der Waals surface area contributed by atoms with Gasteiger partial charge in [-0.2, -0.15) is 0 Å². The minimum atomic E-state index is -0.282. The molecule has 0 unspecified atom stereocenters. The zero-order chi connectivity index (χ0) is 16.2. The zero-order valence-corrected chi connectivity index (χ0v) is 13.4. The van der Waals surface area contributed by atoms with Crippen LogP contribution < -0.4 is 10.2 Å². The number of halogens is 2. The van der Waals surface area contributed by atoms with Crippen molar-refractivity contribution in [3.05, 3.63) is 58.1 Å². The highest BCUT2D eigenvalue weighted by Gasteiger charge is 2.08. The molecule has 0 aliphatic heterocycles. The molecule has 1 aromatic heterocycles. The van der Waals surface area contributed by atoms with Crippen LogP contribution in [0, 0.1) is 0 Å². The van der Waals surface area contributed by atoms with Crippen LogP contribution in [0.15, 0.2) is 42.5 Å². The van der Waals surface area contributed by atoms with Crippen molar-refractivity contribution < 1.29 is 9.63 Å². The summed E-state index contributed by atoms with van der Waals surface area (Å²) in [5, 5.41) is 11.6. The van der Waals surface area contributed by atoms with Crippen LogP contribution in [0.3, 0.4) is 0 Å². The van der Waals surface area contributed by atoms with E-state index in [2.05, 4.69) is 15.6 Å². The molecule has 0 spiro atoms. The largest absolute Gasteiger partial charge is 0.385 e. The minimum Gasteiger partial charge on any atom is -0.385 e. The van der Waals surface area contributed by atoms with Crippen molar-refractivity contribution in [2.45, 2.75) is 6.54 Å². The molecular formula is C15H12Cl2N4O2. The Morgan fingerprint density at radius 3 is 2.83 bits per heavy atom. The number of aromatic nitrogens is 3. The standard InChI is InChI=1S/C15H12Cl2N4O2/c16-11-3-1-2-10(6-11)8-18-15(22)9-23-21-14-7-12(17)4-5-13(14)19-20-21/h1-7H,8-9H2,(H,18,22). The van der Waals surface area contributed by atoms with Crippen molar-refractivity contribution >= 4 is 40.1 Å². The van der Waals surface area contributed by atoms with E-state index in [0.717, 1.165) is 5.56 Å². The highest BCUT2D eigenvalue weighted by molar-refractivity contribution is 6.31. The summed E-state index contributed by atoms with van der Waals surface area (Å²) in [6, 6.07) is 12.4. The molecule has 8 heteroatoms. The number of hydrogen-bond donors (Lipinski definition) is 1. The van der Waals surface area contributed by atoms with Crippen molar-refractivity contribution in [2.24, 2.45) is 0 Å². The van der Waals surface area contributed by atoms with Crippen LogP contribution >= 0.6 is 23.2 Å². The third-order valence-corrected chi connectivity index (χ3v) is 3.54. The molecule has 2 aromatic carbocycles. The Balaban J connectivity index is 1.57. The molecule has 0 atom stereocenters. The topological polar surface area (TPSA) is 69.0 Å². The minimum absolute atomic E-state index is 0.189. The van der Waals surface area contributed by atoms with Gasteiger partial charge in [0.15, 0.2) is 6.61 Å². The Morgan fingerprint density at radius 2 is 2.00 bits per heavy atom. The number of amides is 1. The van der Waals surface area contributed by atoms with Crippen LogP contribution in [-0.2, 0) is 11.3 Å². The van der Waals surface area contributed by atoms with E-state index < -0.39 is 0 Å². The second-order valence-electron chi connectivity index (χ2n) is 4.78. The lowest BCUT2D eigenvalue weighted by atomic mass is 10.2. The average Bonchev–Trinajstić information content (AvgIpc) is 2.93. The van der Waals surface area contributed by atoms with Gasteiger partial charge in [-0.15, -0.1) is 5.10 Å². The number of fused-ring (bicyclic) bond motifs is 1. The van der Waals surface area contributed by atoms with Gasteiger partial charge in [-0.05, 0) is 41.1 Å². The summed E-state index contributed by atoms with van der Waals surface area (Å²) in [7, 11) is 0. The van der Waals surface area contributed by atoms with Gasteiger partial charge in [0.2, 0.25) is 0 Å². The summed E-state index contributed by atoms with van der Waals surface area (Å²) in [4.78, 5) is 18.4. The van der Waals surface area contributed by atoms with E-state index in [1.54, 1.807) is 30.3 Å². The summed E-state index contributed by atoms with van der Waals surface area (Å²) in [6.07, 6.45) is 0. The van der Waals surface area contributed by atoms with E-state index >= 15 is 0 Å². The lowest BCUT2D eigenvalue weighted by molar-refractivity contribution is -0.126. The van der Waals surface area contributed by atoms with Gasteiger partial charge in [0.25, 0.3) is 5.91 Å². The number of nitrogens with one attached hydrogen (secondary N) is 1. The Hall–Kier alpha value is -2.31. The summed E-state index contributed by atoms with van der Waals surface area (Å²) >= 11 is 11.8. The van der Waals surface area contributed by atoms with Gasteiger partial charge in [-0.1, -0.05) is 40.2 Å². The SMILES string of the molecule is O=C(COn1nnc2ccc(Cl)cc21)NCc1cccc(Cl)c1. The number of rotatable bonds is 5. The predicted molar refractivity (Wildman–Crippen MR) is 87.3 cm³/mol. The Morgan fingerprint density at radius 1 is 1.17 bits per heavy atom. The second-order valence-corrected chi connectivity index (χ2v) is 5.65. The van der Waals surface area contributed by atoms with Gasteiger partial charge in [-0.3, -0.25) is 4.79 Å². The number of nitrogens with zero attached hydrogens (tertiary/aromatic N) is 3. The summed E-state index contributed by atoms with van der Waals surface area (Å²) in [5.41, 5.74) is 2.14. The molecule has 0 saturated heterocycles. The smallest absolute Gasteiger partial charge is 0.261 e. The first-order chi connectivity index (χ1) is 11.1. The Labute approximate surface area is 141 Å². The first kappa shape index (κ1) is 15.6. The molecule has 1 heterocycles. The normalized spacial score (nSPS) is 10.7. The van der Waals surface area contributed by atoms with Crippen LogP contribution in [-0.4, -0.2) is 27.7 Å². The van der Waals surface area contributed by atoms with E-state index in [1.165, 1.54) is 4.85 Å². The molecule has 3 aromatic rings. The lowest BCUT2D eigenvalue weighted by Gasteiger charge is -2.07. The molecule has 0 fully saturated rings. The first-order valence-electron chi connectivity index (χ1n) is 6.77. The lowest BCUT2D eigenvalue weighted by Crippen LogP contribution is -2.31. The van der Waals surface area contributed by atoms with Crippen LogP contribution in [0.2, 0.25) is 10.0 Å². The maximum Gasteiger partial charge on any atom is 0.261 e. The molecule has 23 heavy (non-hydrogen) atoms. The molecule has 0 aliphatic rings. The van der Waals surface area contributed by atoms with E-state index in [0.29, 0.717) is 27.6 Å². The first-order valence-corrected chi connectivity index (χ1v) is 7.53. The van der Waals surface area contributed by atoms with E-state index in [9.17, 15) is 4.79 Å². The Bertz CT molecular complexity index is 850. The van der Waals surface area contributed by atoms with Gasteiger partial charge in [-0.25, -0.2) is 0 Å². The number of hydrogen-bond acceptors (Lipinski definition) is 4. The quantitative estimate of drug-likeness (QED) is 0.767. The van der Waals surface area contributed by atoms with Crippen molar-refractivity contribution in [1.29, 1.82) is 0 Å². The molecule has 6 nitrogen and oxygen atoms in total. The van der Waals surface area contributed by atoms with E-state index in [4.69, 9.17) is 28.0 Å². The van der Waals surface area contributed by atoms with Gasteiger partial charge in [0.1, 0.15) is 11.0 Å². The summed E-state index contributed by atoms with van der Waals surface area (Å²) in [6.45, 7) is 0.179. The molecule has 0 bridgehead atoms. The second kappa shape index (κ2) is 6.85. The van der Waals surface area contributed by atoms with Crippen molar-refractivity contribution in [3.8, 4) is 0 Å². The van der Waals surface area contributed by atoms with Gasteiger partial charge < -0.3 is 10.2 Å². The molecule has 0 radical (unpaired) electrons. The summed E-state index contributed by atoms with van der Waals surface area (Å²) < 4.78 is 0. The molecular weight excluding hydrogens is 339 g/mol. The molecule has 1 amide bonds. The molecule has 0 aliphatic carbocycles. The highest BCUT2D eigenvalue weighted by Crippen LogP contribution is 2.16. The van der Waals surface area contributed by atoms with Crippen LogP contribution in [0.1, 0.15) is 5.56 Å². The average molecular weight is 351 g/mol. The monoisotopic (exact) mass is 350 g/mol. The third kappa shape index (κ3) is 3.91. The number of carbonyl (C=O) groups excluding carboxylic acids is 1. The van der Waals surface area contributed by atoms with Crippen molar-refractivity contribution in [2.75, 3.05) is 6.61 Å². The molecule has 1 N–H and O–H groups in total. The van der Waals surface area contributed by atoms with Gasteiger partial charge in [0.05, 0.1) is 0 Å². The maximum atomic E-state index is 11.8. The molecule has 3 rings (SSSR count). The summed E-state index contributed by atoms with van der Waals surface area (Å²) in [5.74, 6) is -0.282. The fourth-order valence-corrected chi connectivity index (χ4v) is 2.36. The molecule has 0 saturated carbocycles. The van der Waals surface area contributed by atoms with Crippen LogP contribution in [0.25, 0.3) is 11.0 Å². The predicted octanol–water partition coefficient (Wildman–Crippen LogP) is 2.48. The highest BCUT2D eigenvalue weighted by atomic mass is 35.5. The fraction of sp³-hybridized carbons (Fsp3) is 0.133. The zero-order valence-electron chi connectivity index (χ0n) is 11.9.